The van der Waals surface area contributed by atoms with Gasteiger partial charge in [0.1, 0.15) is 22.8 Å². The van der Waals surface area contributed by atoms with Gasteiger partial charge in [0.2, 0.25) is 0 Å². The molecule has 0 spiro atoms. The lowest BCUT2D eigenvalue weighted by molar-refractivity contribution is -0.136. The summed E-state index contributed by atoms with van der Waals surface area (Å²) in [5.74, 6) is 1.72. The highest BCUT2D eigenvalue weighted by Gasteiger charge is 2.36. The Bertz CT molecular complexity index is 2390. The second-order valence-corrected chi connectivity index (χ2v) is 11.5. The summed E-state index contributed by atoms with van der Waals surface area (Å²) in [7, 11) is 1.60. The highest BCUT2D eigenvalue weighted by Crippen LogP contribution is 2.40. The minimum atomic E-state index is -4.69. The number of fused-ring (bicyclic) bond motifs is 8. The van der Waals surface area contributed by atoms with Crippen LogP contribution in [0.5, 0.6) is 17.2 Å². The lowest BCUT2D eigenvalue weighted by Crippen LogP contribution is -2.08. The summed E-state index contributed by atoms with van der Waals surface area (Å²) < 4.78 is 56.5. The van der Waals surface area contributed by atoms with Crippen molar-refractivity contribution in [3.05, 3.63) is 138 Å². The predicted molar refractivity (Wildman–Crippen MR) is 188 cm³/mol. The van der Waals surface area contributed by atoms with Crippen molar-refractivity contribution >= 4 is 46.4 Å². The van der Waals surface area contributed by atoms with Gasteiger partial charge in [0, 0.05) is 22.2 Å². The molecule has 0 radical (unpaired) electrons. The van der Waals surface area contributed by atoms with E-state index < -0.39 is 11.7 Å². The number of halogens is 3. The SMILES string of the molecule is COc1ccc(Oc2c3nc(c(-c4ccccc4)c4ccc([nH]4)c(C(F)(F)F)c4nc(c(-c5ccccc5)c5ccc2[nH]5)C=C4)C=C3)cc1. The summed E-state index contributed by atoms with van der Waals surface area (Å²) in [6.45, 7) is 0. The molecular weight excluding hydrogens is 625 g/mol. The van der Waals surface area contributed by atoms with E-state index in [4.69, 9.17) is 14.5 Å². The van der Waals surface area contributed by atoms with Crippen LogP contribution in [-0.4, -0.2) is 27.0 Å². The summed E-state index contributed by atoms with van der Waals surface area (Å²) in [5, 5.41) is 0. The second-order valence-electron chi connectivity index (χ2n) is 11.5. The number of nitrogens with zero attached hydrogens (tertiary/aromatic N) is 2. The first kappa shape index (κ1) is 30.0. The number of alkyl halides is 3. The van der Waals surface area contributed by atoms with E-state index in [0.717, 1.165) is 11.1 Å². The van der Waals surface area contributed by atoms with Crippen LogP contribution in [0.2, 0.25) is 0 Å². The Morgan fingerprint density at radius 1 is 0.510 bits per heavy atom. The molecule has 0 unspecified atom stereocenters. The number of aromatic nitrogens is 4. The fourth-order valence-corrected chi connectivity index (χ4v) is 6.16. The molecule has 49 heavy (non-hydrogen) atoms. The van der Waals surface area contributed by atoms with Crippen LogP contribution in [0.1, 0.15) is 28.3 Å². The Morgan fingerprint density at radius 3 is 1.55 bits per heavy atom. The number of benzene rings is 3. The van der Waals surface area contributed by atoms with Crippen molar-refractivity contribution < 1.29 is 22.6 Å². The van der Waals surface area contributed by atoms with Crippen molar-refractivity contribution in [3.63, 3.8) is 0 Å². The van der Waals surface area contributed by atoms with E-state index in [1.165, 1.54) is 12.1 Å². The average Bonchev–Trinajstić information content (AvgIpc) is 3.94. The molecule has 8 bridgehead atoms. The van der Waals surface area contributed by atoms with E-state index in [1.54, 1.807) is 19.3 Å². The van der Waals surface area contributed by atoms with Crippen LogP contribution in [0.3, 0.4) is 0 Å². The number of methoxy groups -OCH3 is 1. The third-order valence-corrected chi connectivity index (χ3v) is 8.39. The largest absolute Gasteiger partial charge is 0.497 e. The molecule has 0 fully saturated rings. The van der Waals surface area contributed by atoms with Crippen LogP contribution in [0, 0.1) is 0 Å². The molecule has 2 aliphatic rings. The molecule has 3 aromatic carbocycles. The molecule has 5 heterocycles. The second kappa shape index (κ2) is 12.0. The first-order valence-electron chi connectivity index (χ1n) is 15.5. The van der Waals surface area contributed by atoms with Gasteiger partial charge in [-0.3, -0.25) is 0 Å². The molecule has 0 saturated heterocycles. The molecular formula is C40H27F3N4O2. The van der Waals surface area contributed by atoms with E-state index in [2.05, 4.69) is 15.0 Å². The Labute approximate surface area is 278 Å². The van der Waals surface area contributed by atoms with E-state index in [9.17, 15) is 13.2 Å². The topological polar surface area (TPSA) is 75.8 Å². The van der Waals surface area contributed by atoms with Crippen LogP contribution < -0.4 is 9.47 Å². The molecule has 0 atom stereocenters. The van der Waals surface area contributed by atoms with Crippen molar-refractivity contribution in [2.75, 3.05) is 7.11 Å². The monoisotopic (exact) mass is 652 g/mol. The number of aromatic amines is 2. The lowest BCUT2D eigenvalue weighted by atomic mass is 10.0. The van der Waals surface area contributed by atoms with Crippen LogP contribution >= 0.6 is 0 Å². The van der Waals surface area contributed by atoms with Gasteiger partial charge >= 0.3 is 6.18 Å². The van der Waals surface area contributed by atoms with Gasteiger partial charge in [0.15, 0.2) is 5.75 Å². The quantitative estimate of drug-likeness (QED) is 0.194. The molecule has 2 aliphatic heterocycles. The minimum Gasteiger partial charge on any atom is -0.497 e. The zero-order valence-corrected chi connectivity index (χ0v) is 26.0. The molecule has 9 heteroatoms. The molecule has 8 rings (SSSR count). The molecule has 240 valence electrons. The van der Waals surface area contributed by atoms with Gasteiger partial charge in [-0.15, -0.1) is 0 Å². The Kier molecular flexibility index (Phi) is 7.37. The Morgan fingerprint density at radius 2 is 0.980 bits per heavy atom. The fraction of sp³-hybridized carbons (Fsp3) is 0.0500. The van der Waals surface area contributed by atoms with Crippen molar-refractivity contribution in [2.24, 2.45) is 0 Å². The molecule has 0 aliphatic carbocycles. The summed E-state index contributed by atoms with van der Waals surface area (Å²) >= 11 is 0. The van der Waals surface area contributed by atoms with Crippen molar-refractivity contribution in [2.45, 2.75) is 6.18 Å². The summed E-state index contributed by atoms with van der Waals surface area (Å²) in [4.78, 5) is 16.2. The summed E-state index contributed by atoms with van der Waals surface area (Å²) in [6, 6.07) is 33.0. The maximum Gasteiger partial charge on any atom is 0.420 e. The summed E-state index contributed by atoms with van der Waals surface area (Å²) in [5.41, 5.74) is 4.92. The first-order valence-corrected chi connectivity index (χ1v) is 15.5. The van der Waals surface area contributed by atoms with E-state index in [0.29, 0.717) is 62.0 Å². The van der Waals surface area contributed by atoms with Crippen LogP contribution in [0.25, 0.3) is 68.6 Å². The normalized spacial score (nSPS) is 12.3. The van der Waals surface area contributed by atoms with Gasteiger partial charge < -0.3 is 19.4 Å². The van der Waals surface area contributed by atoms with Crippen LogP contribution in [-0.2, 0) is 6.18 Å². The van der Waals surface area contributed by atoms with Crippen LogP contribution in [0.15, 0.2) is 109 Å². The number of hydrogen-bond acceptors (Lipinski definition) is 4. The van der Waals surface area contributed by atoms with Crippen molar-refractivity contribution in [1.29, 1.82) is 0 Å². The van der Waals surface area contributed by atoms with Crippen molar-refractivity contribution in [3.8, 4) is 39.5 Å². The van der Waals surface area contributed by atoms with E-state index in [1.807, 2.05) is 109 Å². The van der Waals surface area contributed by atoms with Gasteiger partial charge in [-0.1, -0.05) is 60.7 Å². The van der Waals surface area contributed by atoms with Gasteiger partial charge in [-0.2, -0.15) is 13.2 Å². The van der Waals surface area contributed by atoms with Crippen molar-refractivity contribution in [1.82, 2.24) is 19.9 Å². The molecule has 6 nitrogen and oxygen atoms in total. The zero-order chi connectivity index (χ0) is 33.5. The molecule has 6 aromatic rings. The first-order chi connectivity index (χ1) is 23.9. The molecule has 2 N–H and O–H groups in total. The smallest absolute Gasteiger partial charge is 0.420 e. The standard InChI is InChI=1S/C40H27F3N4O2/c1-48-26-12-14-27(15-13-26)49-39-34-22-18-30(46-34)36(24-8-4-2-5-9-24)28-16-20-32(44-28)38(40(41,42)43)33-21-17-29(45-33)37(25-10-6-3-7-11-25)31-19-23-35(39)47-31/h2-23,44,47H,1H3. The zero-order valence-electron chi connectivity index (χ0n) is 26.0. The Hall–Kier alpha value is -6.35. The highest BCUT2D eigenvalue weighted by molar-refractivity contribution is 5.95. The van der Waals surface area contributed by atoms with Gasteiger partial charge in [0.25, 0.3) is 0 Å². The molecule has 0 amide bonds. The fourth-order valence-electron chi connectivity index (χ4n) is 6.16. The minimum absolute atomic E-state index is 0.0991. The molecule has 0 saturated carbocycles. The number of ether oxygens (including phenoxy) is 2. The molecule has 3 aromatic heterocycles. The number of rotatable bonds is 5. The summed E-state index contributed by atoms with van der Waals surface area (Å²) in [6.07, 6.45) is 2.04. The van der Waals surface area contributed by atoms with Gasteiger partial charge in [-0.05, 0) is 84.0 Å². The van der Waals surface area contributed by atoms with E-state index >= 15 is 0 Å². The number of nitrogens with one attached hydrogen (secondary N) is 2. The third kappa shape index (κ3) is 5.65. The Balaban J connectivity index is 1.52. The third-order valence-electron chi connectivity index (χ3n) is 8.39. The van der Waals surface area contributed by atoms with E-state index in [-0.39, 0.29) is 11.2 Å². The maximum absolute atomic E-state index is 14.9. The number of H-pyrrole nitrogens is 2. The van der Waals surface area contributed by atoms with Gasteiger partial charge in [-0.25, -0.2) is 9.97 Å². The average molecular weight is 653 g/mol. The number of hydrogen-bond donors (Lipinski definition) is 2. The van der Waals surface area contributed by atoms with Gasteiger partial charge in [0.05, 0.1) is 35.2 Å². The highest BCUT2D eigenvalue weighted by atomic mass is 19.4. The maximum atomic E-state index is 14.9. The predicted octanol–water partition coefficient (Wildman–Crippen LogP) is 10.8. The van der Waals surface area contributed by atoms with Crippen LogP contribution in [0.4, 0.5) is 13.2 Å². The lowest BCUT2D eigenvalue weighted by Gasteiger charge is -2.09.